The van der Waals surface area contributed by atoms with Gasteiger partial charge in [0.25, 0.3) is 0 Å². The second kappa shape index (κ2) is 4.74. The summed E-state index contributed by atoms with van der Waals surface area (Å²) in [4.78, 5) is 1.96. The van der Waals surface area contributed by atoms with Crippen LogP contribution in [0, 0.1) is 0 Å². The summed E-state index contributed by atoms with van der Waals surface area (Å²) in [6.07, 6.45) is 5.16. The molecular formula is C8H14NO2S-. The summed E-state index contributed by atoms with van der Waals surface area (Å²) >= 11 is -1.96. The quantitative estimate of drug-likeness (QED) is 0.487. The Morgan fingerprint density at radius 2 is 2.42 bits per heavy atom. The van der Waals surface area contributed by atoms with Crippen molar-refractivity contribution in [3.05, 3.63) is 12.7 Å². The molecule has 0 saturated carbocycles. The van der Waals surface area contributed by atoms with Gasteiger partial charge in [0.1, 0.15) is 0 Å². The average Bonchev–Trinajstić information content (AvgIpc) is 2.04. The first-order valence-corrected chi connectivity index (χ1v) is 5.41. The van der Waals surface area contributed by atoms with Crippen molar-refractivity contribution in [1.82, 2.24) is 4.90 Å². The third-order valence-corrected chi connectivity index (χ3v) is 2.75. The molecule has 4 heteroatoms. The summed E-state index contributed by atoms with van der Waals surface area (Å²) in [7, 11) is 0. The first kappa shape index (κ1) is 9.89. The van der Waals surface area contributed by atoms with Gasteiger partial charge in [-0.2, -0.15) is 0 Å². The minimum Gasteiger partial charge on any atom is -0.771 e. The molecule has 0 aromatic rings. The molecule has 0 amide bonds. The van der Waals surface area contributed by atoms with E-state index in [1.165, 1.54) is 6.42 Å². The van der Waals surface area contributed by atoms with E-state index in [2.05, 4.69) is 6.58 Å². The van der Waals surface area contributed by atoms with Crippen LogP contribution < -0.4 is 0 Å². The van der Waals surface area contributed by atoms with Gasteiger partial charge in [-0.1, -0.05) is 12.5 Å². The highest BCUT2D eigenvalue weighted by molar-refractivity contribution is 7.79. The lowest BCUT2D eigenvalue weighted by Crippen LogP contribution is -2.39. The number of likely N-dealkylation sites (tertiary alicyclic amines) is 1. The minimum absolute atomic E-state index is 0.149. The maximum atomic E-state index is 10.5. The maximum Gasteiger partial charge on any atom is 0.0618 e. The Bertz CT molecular complexity index is 184. The third kappa shape index (κ3) is 2.69. The van der Waals surface area contributed by atoms with E-state index in [1.807, 2.05) is 11.0 Å². The predicted octanol–water partition coefficient (Wildman–Crippen LogP) is 0.864. The molecule has 1 saturated heterocycles. The lowest BCUT2D eigenvalue weighted by molar-refractivity contribution is 0.207. The standard InChI is InChI=1S/C8H15NO2S/c1-2-8-5-3-4-6-9(8)7-12(10)11/h2,8H,1,3-7H2,(H,10,11)/p-1. The molecule has 2 atom stereocenters. The van der Waals surface area contributed by atoms with Gasteiger partial charge in [-0.15, -0.1) is 6.58 Å². The first-order chi connectivity index (χ1) is 5.74. The third-order valence-electron chi connectivity index (χ3n) is 2.21. The summed E-state index contributed by atoms with van der Waals surface area (Å²) < 4.78 is 20.9. The molecule has 0 aromatic heterocycles. The largest absolute Gasteiger partial charge is 0.771 e. The first-order valence-electron chi connectivity index (χ1n) is 4.16. The van der Waals surface area contributed by atoms with Crippen molar-refractivity contribution in [2.24, 2.45) is 0 Å². The summed E-state index contributed by atoms with van der Waals surface area (Å²) in [6.45, 7) is 4.58. The molecule has 0 radical (unpaired) electrons. The number of nitrogens with zero attached hydrogens (tertiary/aromatic N) is 1. The minimum atomic E-state index is -1.96. The van der Waals surface area contributed by atoms with Crippen molar-refractivity contribution >= 4 is 11.1 Å². The Balaban J connectivity index is 2.46. The lowest BCUT2D eigenvalue weighted by atomic mass is 10.0. The van der Waals surface area contributed by atoms with Crippen molar-refractivity contribution in [3.8, 4) is 0 Å². The van der Waals surface area contributed by atoms with E-state index in [0.717, 1.165) is 19.4 Å². The highest BCUT2D eigenvalue weighted by atomic mass is 32.2. The van der Waals surface area contributed by atoms with Crippen molar-refractivity contribution in [3.63, 3.8) is 0 Å². The van der Waals surface area contributed by atoms with Crippen molar-refractivity contribution in [1.29, 1.82) is 0 Å². The molecule has 0 N–H and O–H groups in total. The van der Waals surface area contributed by atoms with Crippen LogP contribution >= 0.6 is 0 Å². The van der Waals surface area contributed by atoms with E-state index in [1.54, 1.807) is 0 Å². The summed E-state index contributed by atoms with van der Waals surface area (Å²) in [5.41, 5.74) is 0. The van der Waals surface area contributed by atoms with E-state index in [0.29, 0.717) is 0 Å². The van der Waals surface area contributed by atoms with Gasteiger partial charge in [0.05, 0.1) is 5.88 Å². The van der Waals surface area contributed by atoms with Gasteiger partial charge < -0.3 is 4.55 Å². The van der Waals surface area contributed by atoms with E-state index in [-0.39, 0.29) is 11.9 Å². The molecule has 3 nitrogen and oxygen atoms in total. The monoisotopic (exact) mass is 188 g/mol. The smallest absolute Gasteiger partial charge is 0.0618 e. The van der Waals surface area contributed by atoms with Gasteiger partial charge in [-0.25, -0.2) is 0 Å². The second-order valence-electron chi connectivity index (χ2n) is 3.04. The molecule has 1 aliphatic rings. The van der Waals surface area contributed by atoms with E-state index < -0.39 is 11.1 Å². The van der Waals surface area contributed by atoms with Gasteiger partial charge in [-0.05, 0) is 30.5 Å². The SMILES string of the molecule is C=CC1CCCCN1CS(=O)[O-]. The normalized spacial score (nSPS) is 28.2. The fourth-order valence-corrected chi connectivity index (χ4v) is 2.17. The van der Waals surface area contributed by atoms with Crippen molar-refractivity contribution in [2.75, 3.05) is 12.4 Å². The van der Waals surface area contributed by atoms with E-state index in [9.17, 15) is 8.76 Å². The summed E-state index contributed by atoms with van der Waals surface area (Å²) in [6, 6.07) is 0.261. The Labute approximate surface area is 75.7 Å². The van der Waals surface area contributed by atoms with Crippen molar-refractivity contribution < 1.29 is 8.76 Å². The van der Waals surface area contributed by atoms with Crippen LogP contribution in [-0.2, 0) is 11.1 Å². The van der Waals surface area contributed by atoms with Gasteiger partial charge in [0, 0.05) is 6.04 Å². The molecule has 12 heavy (non-hydrogen) atoms. The zero-order valence-electron chi connectivity index (χ0n) is 7.07. The highest BCUT2D eigenvalue weighted by Gasteiger charge is 2.18. The van der Waals surface area contributed by atoms with Crippen molar-refractivity contribution in [2.45, 2.75) is 25.3 Å². The lowest BCUT2D eigenvalue weighted by Gasteiger charge is -2.34. The van der Waals surface area contributed by atoms with Crippen LogP contribution in [0.5, 0.6) is 0 Å². The zero-order valence-corrected chi connectivity index (χ0v) is 7.89. The second-order valence-corrected chi connectivity index (χ2v) is 3.91. The van der Waals surface area contributed by atoms with E-state index in [4.69, 9.17) is 0 Å². The molecule has 1 rings (SSSR count). The highest BCUT2D eigenvalue weighted by Crippen LogP contribution is 2.17. The Morgan fingerprint density at radius 1 is 1.67 bits per heavy atom. The fourth-order valence-electron chi connectivity index (χ4n) is 1.58. The molecule has 2 unspecified atom stereocenters. The summed E-state index contributed by atoms with van der Waals surface area (Å²) in [5, 5.41) is 0. The van der Waals surface area contributed by atoms with Crippen LogP contribution in [0.1, 0.15) is 19.3 Å². The van der Waals surface area contributed by atoms with Crippen LogP contribution in [0.2, 0.25) is 0 Å². The van der Waals surface area contributed by atoms with Crippen LogP contribution in [0.4, 0.5) is 0 Å². The Kier molecular flexibility index (Phi) is 3.91. The Hall–Kier alpha value is -0.190. The van der Waals surface area contributed by atoms with E-state index >= 15 is 0 Å². The van der Waals surface area contributed by atoms with Gasteiger partial charge in [0.15, 0.2) is 0 Å². The number of rotatable bonds is 3. The molecule has 1 aliphatic heterocycles. The molecule has 1 heterocycles. The fraction of sp³-hybridized carbons (Fsp3) is 0.750. The Morgan fingerprint density at radius 3 is 3.00 bits per heavy atom. The van der Waals surface area contributed by atoms with Crippen LogP contribution in [0.3, 0.4) is 0 Å². The number of hydrogen-bond donors (Lipinski definition) is 0. The van der Waals surface area contributed by atoms with Gasteiger partial charge >= 0.3 is 0 Å². The topological polar surface area (TPSA) is 43.4 Å². The summed E-state index contributed by atoms with van der Waals surface area (Å²) in [5.74, 6) is 0.149. The van der Waals surface area contributed by atoms with Gasteiger partial charge in [0.2, 0.25) is 0 Å². The molecule has 0 aromatic carbocycles. The number of piperidine rings is 1. The van der Waals surface area contributed by atoms with Gasteiger partial charge in [-0.3, -0.25) is 9.11 Å². The molecule has 0 bridgehead atoms. The number of hydrogen-bond acceptors (Lipinski definition) is 3. The molecule has 0 spiro atoms. The molecule has 0 aliphatic carbocycles. The molecule has 1 fully saturated rings. The predicted molar refractivity (Wildman–Crippen MR) is 48.3 cm³/mol. The maximum absolute atomic E-state index is 10.5. The zero-order chi connectivity index (χ0) is 8.97. The molecular weight excluding hydrogens is 174 g/mol. The average molecular weight is 188 g/mol. The van der Waals surface area contributed by atoms with Crippen LogP contribution in [0.15, 0.2) is 12.7 Å². The molecule has 70 valence electrons. The van der Waals surface area contributed by atoms with Crippen LogP contribution in [0.25, 0.3) is 0 Å². The van der Waals surface area contributed by atoms with Crippen LogP contribution in [-0.4, -0.2) is 32.1 Å².